The van der Waals surface area contributed by atoms with Crippen LogP contribution in [0.15, 0.2) is 36.4 Å². The first-order chi connectivity index (χ1) is 9.50. The van der Waals surface area contributed by atoms with Gasteiger partial charge in [-0.1, -0.05) is 12.1 Å². The third-order valence-corrected chi connectivity index (χ3v) is 3.05. The van der Waals surface area contributed by atoms with Gasteiger partial charge >= 0.3 is 0 Å². The van der Waals surface area contributed by atoms with E-state index in [1.54, 1.807) is 12.1 Å². The van der Waals surface area contributed by atoms with E-state index in [4.69, 9.17) is 5.11 Å². The van der Waals surface area contributed by atoms with E-state index >= 15 is 0 Å². The zero-order valence-electron chi connectivity index (χ0n) is 9.93. The SMILES string of the molecule is O=C1c2ccccc2C(=O)N1c1cc(F)c(O)c(F)c1. The fourth-order valence-corrected chi connectivity index (χ4v) is 2.10. The highest BCUT2D eigenvalue weighted by Crippen LogP contribution is 2.32. The monoisotopic (exact) mass is 275 g/mol. The molecule has 0 radical (unpaired) electrons. The minimum Gasteiger partial charge on any atom is -0.503 e. The van der Waals surface area contributed by atoms with E-state index in [-0.39, 0.29) is 16.8 Å². The molecular formula is C14H7F2NO3. The molecule has 1 heterocycles. The Morgan fingerprint density at radius 3 is 1.80 bits per heavy atom. The van der Waals surface area contributed by atoms with Gasteiger partial charge in [0, 0.05) is 12.1 Å². The predicted octanol–water partition coefficient (Wildman–Crippen LogP) is 2.47. The Morgan fingerprint density at radius 1 is 0.900 bits per heavy atom. The van der Waals surface area contributed by atoms with Crippen molar-refractivity contribution in [3.63, 3.8) is 0 Å². The first-order valence-electron chi connectivity index (χ1n) is 5.66. The first-order valence-corrected chi connectivity index (χ1v) is 5.66. The summed E-state index contributed by atoms with van der Waals surface area (Å²) >= 11 is 0. The second-order valence-corrected chi connectivity index (χ2v) is 4.25. The molecule has 4 nitrogen and oxygen atoms in total. The van der Waals surface area contributed by atoms with Crippen molar-refractivity contribution in [2.45, 2.75) is 0 Å². The van der Waals surface area contributed by atoms with Crippen LogP contribution in [-0.4, -0.2) is 16.9 Å². The van der Waals surface area contributed by atoms with Crippen molar-refractivity contribution in [3.05, 3.63) is 59.2 Å². The molecule has 0 aliphatic carbocycles. The van der Waals surface area contributed by atoms with Crippen molar-refractivity contribution in [2.24, 2.45) is 0 Å². The number of carbonyl (C=O) groups excluding carboxylic acids is 2. The molecule has 0 fully saturated rings. The average molecular weight is 275 g/mol. The molecule has 2 aromatic rings. The van der Waals surface area contributed by atoms with Gasteiger partial charge in [-0.15, -0.1) is 0 Å². The molecular weight excluding hydrogens is 268 g/mol. The van der Waals surface area contributed by atoms with E-state index in [2.05, 4.69) is 0 Å². The normalized spacial score (nSPS) is 13.8. The summed E-state index contributed by atoms with van der Waals surface area (Å²) in [7, 11) is 0. The number of benzene rings is 2. The fraction of sp³-hybridized carbons (Fsp3) is 0. The van der Waals surface area contributed by atoms with Crippen LogP contribution in [0.5, 0.6) is 5.75 Å². The van der Waals surface area contributed by atoms with Crippen LogP contribution in [0.1, 0.15) is 20.7 Å². The molecule has 0 saturated carbocycles. The Kier molecular flexibility index (Phi) is 2.53. The highest BCUT2D eigenvalue weighted by molar-refractivity contribution is 6.34. The van der Waals surface area contributed by atoms with Crippen molar-refractivity contribution < 1.29 is 23.5 Å². The predicted molar refractivity (Wildman–Crippen MR) is 65.6 cm³/mol. The summed E-state index contributed by atoms with van der Waals surface area (Å²) in [5, 5.41) is 9.04. The summed E-state index contributed by atoms with van der Waals surface area (Å²) in [6.45, 7) is 0. The van der Waals surface area contributed by atoms with Crippen LogP contribution in [0.3, 0.4) is 0 Å². The number of hydrogen-bond acceptors (Lipinski definition) is 3. The highest BCUT2D eigenvalue weighted by atomic mass is 19.1. The number of nitrogens with zero attached hydrogens (tertiary/aromatic N) is 1. The molecule has 100 valence electrons. The molecule has 6 heteroatoms. The smallest absolute Gasteiger partial charge is 0.266 e. The fourth-order valence-electron chi connectivity index (χ4n) is 2.10. The van der Waals surface area contributed by atoms with Crippen LogP contribution in [0, 0.1) is 11.6 Å². The summed E-state index contributed by atoms with van der Waals surface area (Å²) in [6.07, 6.45) is 0. The molecule has 0 unspecified atom stereocenters. The summed E-state index contributed by atoms with van der Waals surface area (Å²) < 4.78 is 26.7. The van der Waals surface area contributed by atoms with Crippen LogP contribution >= 0.6 is 0 Å². The molecule has 1 aliphatic heterocycles. The Morgan fingerprint density at radius 2 is 1.35 bits per heavy atom. The van der Waals surface area contributed by atoms with Crippen LogP contribution in [0.25, 0.3) is 0 Å². The summed E-state index contributed by atoms with van der Waals surface area (Å²) in [5.41, 5.74) is 0.0850. The number of amides is 2. The summed E-state index contributed by atoms with van der Waals surface area (Å²) in [5.74, 6) is -4.94. The van der Waals surface area contributed by atoms with Gasteiger partial charge in [0.1, 0.15) is 0 Å². The number of phenolic OH excluding ortho intramolecular Hbond substituents is 1. The van der Waals surface area contributed by atoms with Gasteiger partial charge in [0.2, 0.25) is 0 Å². The lowest BCUT2D eigenvalue weighted by molar-refractivity contribution is 0.0926. The van der Waals surface area contributed by atoms with Crippen molar-refractivity contribution >= 4 is 17.5 Å². The maximum atomic E-state index is 13.3. The highest BCUT2D eigenvalue weighted by Gasteiger charge is 2.36. The molecule has 1 aliphatic rings. The summed E-state index contributed by atoms with van der Waals surface area (Å²) in [6, 6.07) is 7.57. The number of halogens is 2. The largest absolute Gasteiger partial charge is 0.503 e. The Balaban J connectivity index is 2.14. The van der Waals surface area contributed by atoms with Gasteiger partial charge in [0.05, 0.1) is 16.8 Å². The van der Waals surface area contributed by atoms with Crippen molar-refractivity contribution in [1.82, 2.24) is 0 Å². The second-order valence-electron chi connectivity index (χ2n) is 4.25. The number of fused-ring (bicyclic) bond motifs is 1. The number of rotatable bonds is 1. The number of aromatic hydroxyl groups is 1. The van der Waals surface area contributed by atoms with Crippen molar-refractivity contribution in [1.29, 1.82) is 0 Å². The number of hydrogen-bond donors (Lipinski definition) is 1. The molecule has 0 saturated heterocycles. The number of anilines is 1. The summed E-state index contributed by atoms with van der Waals surface area (Å²) in [4.78, 5) is 24.9. The maximum absolute atomic E-state index is 13.3. The van der Waals surface area contributed by atoms with E-state index < -0.39 is 29.2 Å². The molecule has 0 bridgehead atoms. The third kappa shape index (κ3) is 1.58. The average Bonchev–Trinajstić information content (AvgIpc) is 2.68. The lowest BCUT2D eigenvalue weighted by Crippen LogP contribution is -2.29. The zero-order valence-corrected chi connectivity index (χ0v) is 9.93. The molecule has 20 heavy (non-hydrogen) atoms. The molecule has 0 atom stereocenters. The van der Waals surface area contributed by atoms with Gasteiger partial charge in [0.15, 0.2) is 17.4 Å². The van der Waals surface area contributed by atoms with E-state index in [1.165, 1.54) is 12.1 Å². The van der Waals surface area contributed by atoms with Crippen LogP contribution in [-0.2, 0) is 0 Å². The van der Waals surface area contributed by atoms with Gasteiger partial charge in [0.25, 0.3) is 11.8 Å². The minimum absolute atomic E-state index is 0.173. The number of phenols is 1. The number of carbonyl (C=O) groups is 2. The Bertz CT molecular complexity index is 700. The quantitative estimate of drug-likeness (QED) is 0.813. The molecule has 1 N–H and O–H groups in total. The van der Waals surface area contributed by atoms with Gasteiger partial charge in [-0.3, -0.25) is 9.59 Å². The standard InChI is InChI=1S/C14H7F2NO3/c15-10-5-7(6-11(16)12(10)18)17-13(19)8-3-1-2-4-9(8)14(17)20/h1-6,18H. The van der Waals surface area contributed by atoms with Gasteiger partial charge < -0.3 is 5.11 Å². The van der Waals surface area contributed by atoms with E-state index in [1.807, 2.05) is 0 Å². The minimum atomic E-state index is -1.24. The molecule has 2 aromatic carbocycles. The third-order valence-electron chi connectivity index (χ3n) is 3.05. The molecule has 3 rings (SSSR count). The van der Waals surface area contributed by atoms with E-state index in [9.17, 15) is 18.4 Å². The lowest BCUT2D eigenvalue weighted by atomic mass is 10.1. The van der Waals surface area contributed by atoms with Crippen LogP contribution in [0.2, 0.25) is 0 Å². The molecule has 0 spiro atoms. The van der Waals surface area contributed by atoms with Crippen molar-refractivity contribution in [3.8, 4) is 5.75 Å². The lowest BCUT2D eigenvalue weighted by Gasteiger charge is -2.14. The maximum Gasteiger partial charge on any atom is 0.266 e. The topological polar surface area (TPSA) is 57.6 Å². The van der Waals surface area contributed by atoms with Gasteiger partial charge in [-0.25, -0.2) is 13.7 Å². The van der Waals surface area contributed by atoms with Gasteiger partial charge in [-0.2, -0.15) is 0 Å². The van der Waals surface area contributed by atoms with Gasteiger partial charge in [-0.05, 0) is 12.1 Å². The van der Waals surface area contributed by atoms with Crippen LogP contribution < -0.4 is 4.90 Å². The Hall–Kier alpha value is -2.76. The first kappa shape index (κ1) is 12.3. The molecule has 0 aromatic heterocycles. The number of imide groups is 1. The zero-order chi connectivity index (χ0) is 14.4. The second kappa shape index (κ2) is 4.12. The molecule has 2 amide bonds. The van der Waals surface area contributed by atoms with Crippen molar-refractivity contribution in [2.75, 3.05) is 4.90 Å². The Labute approximate surface area is 111 Å². The van der Waals surface area contributed by atoms with E-state index in [0.29, 0.717) is 4.90 Å². The van der Waals surface area contributed by atoms with Crippen LogP contribution in [0.4, 0.5) is 14.5 Å². The van der Waals surface area contributed by atoms with E-state index in [0.717, 1.165) is 12.1 Å².